The molecule has 2 heterocycles. The van der Waals surface area contributed by atoms with Crippen molar-refractivity contribution in [2.75, 3.05) is 25.0 Å². The van der Waals surface area contributed by atoms with E-state index in [1.54, 1.807) is 7.05 Å². The fourth-order valence-electron chi connectivity index (χ4n) is 3.31. The minimum Gasteiger partial charge on any atom is -0.357 e. The van der Waals surface area contributed by atoms with Gasteiger partial charge in [-0.05, 0) is 42.0 Å². The van der Waals surface area contributed by atoms with E-state index in [2.05, 4.69) is 68.8 Å². The van der Waals surface area contributed by atoms with Crippen LogP contribution >= 0.6 is 0 Å². The van der Waals surface area contributed by atoms with E-state index in [9.17, 15) is 0 Å². The van der Waals surface area contributed by atoms with Gasteiger partial charge in [-0.15, -0.1) is 0 Å². The minimum absolute atomic E-state index is 0.711. The van der Waals surface area contributed by atoms with Gasteiger partial charge in [-0.2, -0.15) is 0 Å². The Kier molecular flexibility index (Phi) is 6.47. The van der Waals surface area contributed by atoms with Gasteiger partial charge in [-0.25, -0.2) is 4.98 Å². The highest BCUT2D eigenvalue weighted by atomic mass is 15.2. The second-order valence-corrected chi connectivity index (χ2v) is 6.62. The number of hydrogen-bond acceptors (Lipinski definition) is 3. The topological polar surface area (TPSA) is 52.6 Å². The van der Waals surface area contributed by atoms with Gasteiger partial charge >= 0.3 is 0 Å². The molecule has 138 valence electrons. The number of pyridine rings is 1. The molecule has 1 aromatic carbocycles. The highest BCUT2D eigenvalue weighted by Gasteiger charge is 2.13. The molecule has 2 N–H and O–H groups in total. The third-order valence-corrected chi connectivity index (χ3v) is 4.87. The molecule has 5 heteroatoms. The average molecular weight is 351 g/mol. The standard InChI is InChI=1S/C21H29N5/c1-3-18-8-4-5-9-19(18)16-25-21(22-2)24-15-17-10-11-20(23-14-17)26-12-6-7-13-26/h4-5,8-11,14H,3,6-7,12-13,15-16H2,1-2H3,(H2,22,24,25). The molecule has 1 aliphatic heterocycles. The summed E-state index contributed by atoms with van der Waals surface area (Å²) < 4.78 is 0. The quantitative estimate of drug-likeness (QED) is 0.620. The fraction of sp³-hybridized carbons (Fsp3) is 0.429. The maximum atomic E-state index is 4.61. The Bertz CT molecular complexity index is 717. The molecule has 0 saturated carbocycles. The van der Waals surface area contributed by atoms with Crippen LogP contribution in [0.15, 0.2) is 47.6 Å². The molecule has 3 rings (SSSR count). The summed E-state index contributed by atoms with van der Waals surface area (Å²) in [4.78, 5) is 11.3. The Labute approximate surface area is 156 Å². The van der Waals surface area contributed by atoms with Gasteiger partial charge in [-0.1, -0.05) is 37.3 Å². The van der Waals surface area contributed by atoms with Gasteiger partial charge in [-0.3, -0.25) is 4.99 Å². The van der Waals surface area contributed by atoms with Crippen molar-refractivity contribution in [3.05, 3.63) is 59.3 Å². The molecule has 1 saturated heterocycles. The van der Waals surface area contributed by atoms with Crippen LogP contribution in [0.3, 0.4) is 0 Å². The van der Waals surface area contributed by atoms with Crippen molar-refractivity contribution in [1.29, 1.82) is 0 Å². The number of guanidine groups is 1. The second-order valence-electron chi connectivity index (χ2n) is 6.62. The lowest BCUT2D eigenvalue weighted by Crippen LogP contribution is -2.36. The Morgan fingerprint density at radius 3 is 2.42 bits per heavy atom. The summed E-state index contributed by atoms with van der Waals surface area (Å²) in [5.41, 5.74) is 3.84. The van der Waals surface area contributed by atoms with E-state index >= 15 is 0 Å². The molecule has 0 aliphatic carbocycles. The van der Waals surface area contributed by atoms with E-state index in [-0.39, 0.29) is 0 Å². The highest BCUT2D eigenvalue weighted by Crippen LogP contribution is 2.17. The van der Waals surface area contributed by atoms with Crippen LogP contribution in [0.4, 0.5) is 5.82 Å². The Hall–Kier alpha value is -2.56. The summed E-state index contributed by atoms with van der Waals surface area (Å²) >= 11 is 0. The summed E-state index contributed by atoms with van der Waals surface area (Å²) in [6.45, 7) is 5.92. The van der Waals surface area contributed by atoms with Crippen molar-refractivity contribution in [2.45, 2.75) is 39.3 Å². The predicted molar refractivity (Wildman–Crippen MR) is 109 cm³/mol. The number of nitrogens with zero attached hydrogens (tertiary/aromatic N) is 3. The summed E-state index contributed by atoms with van der Waals surface area (Å²) in [7, 11) is 1.80. The third-order valence-electron chi connectivity index (χ3n) is 4.87. The summed E-state index contributed by atoms with van der Waals surface area (Å²) in [5.74, 6) is 1.89. The smallest absolute Gasteiger partial charge is 0.191 e. The number of aliphatic imine (C=N–C) groups is 1. The first-order chi connectivity index (χ1) is 12.8. The zero-order valence-corrected chi connectivity index (χ0v) is 15.8. The van der Waals surface area contributed by atoms with Crippen molar-refractivity contribution in [1.82, 2.24) is 15.6 Å². The third kappa shape index (κ3) is 4.75. The van der Waals surface area contributed by atoms with E-state index in [4.69, 9.17) is 0 Å². The number of rotatable bonds is 6. The van der Waals surface area contributed by atoms with Crippen molar-refractivity contribution < 1.29 is 0 Å². The lowest BCUT2D eigenvalue weighted by atomic mass is 10.1. The molecule has 5 nitrogen and oxygen atoms in total. The molecular formula is C21H29N5. The lowest BCUT2D eigenvalue weighted by molar-refractivity contribution is 0.800. The van der Waals surface area contributed by atoms with Crippen molar-refractivity contribution >= 4 is 11.8 Å². The minimum atomic E-state index is 0.711. The monoisotopic (exact) mass is 351 g/mol. The normalized spacial score (nSPS) is 14.5. The predicted octanol–water partition coefficient (Wildman–Crippen LogP) is 3.11. The van der Waals surface area contributed by atoms with Crippen molar-refractivity contribution in [3.8, 4) is 0 Å². The van der Waals surface area contributed by atoms with Crippen LogP contribution in [0, 0.1) is 0 Å². The number of benzene rings is 1. The van der Waals surface area contributed by atoms with E-state index < -0.39 is 0 Å². The molecule has 0 bridgehead atoms. The van der Waals surface area contributed by atoms with Crippen LogP contribution in [-0.4, -0.2) is 31.1 Å². The first kappa shape index (κ1) is 18.2. The molecule has 0 spiro atoms. The zero-order valence-electron chi connectivity index (χ0n) is 15.8. The molecule has 0 radical (unpaired) electrons. The maximum absolute atomic E-state index is 4.61. The largest absolute Gasteiger partial charge is 0.357 e. The zero-order chi connectivity index (χ0) is 18.2. The van der Waals surface area contributed by atoms with E-state index in [1.807, 2.05) is 6.20 Å². The van der Waals surface area contributed by atoms with Gasteiger partial charge in [0.2, 0.25) is 0 Å². The number of aromatic nitrogens is 1. The van der Waals surface area contributed by atoms with Crippen LogP contribution in [0.5, 0.6) is 0 Å². The van der Waals surface area contributed by atoms with E-state index in [0.29, 0.717) is 6.54 Å². The van der Waals surface area contributed by atoms with Crippen molar-refractivity contribution in [3.63, 3.8) is 0 Å². The summed E-state index contributed by atoms with van der Waals surface area (Å²) in [5, 5.41) is 6.76. The first-order valence-corrected chi connectivity index (χ1v) is 9.51. The van der Waals surface area contributed by atoms with Crippen LogP contribution < -0.4 is 15.5 Å². The highest BCUT2D eigenvalue weighted by molar-refractivity contribution is 5.79. The van der Waals surface area contributed by atoms with Gasteiger partial charge in [0.15, 0.2) is 5.96 Å². The van der Waals surface area contributed by atoms with Crippen LogP contribution in [0.1, 0.15) is 36.5 Å². The molecule has 0 unspecified atom stereocenters. The van der Waals surface area contributed by atoms with Gasteiger partial charge < -0.3 is 15.5 Å². The van der Waals surface area contributed by atoms with Gasteiger partial charge in [0.1, 0.15) is 5.82 Å². The fourth-order valence-corrected chi connectivity index (χ4v) is 3.31. The number of nitrogens with one attached hydrogen (secondary N) is 2. The van der Waals surface area contributed by atoms with Gasteiger partial charge in [0.25, 0.3) is 0 Å². The summed E-state index contributed by atoms with van der Waals surface area (Å²) in [6.07, 6.45) is 5.54. The van der Waals surface area contributed by atoms with Crippen LogP contribution in [-0.2, 0) is 19.5 Å². The second kappa shape index (κ2) is 9.22. The first-order valence-electron chi connectivity index (χ1n) is 9.51. The molecule has 1 aliphatic rings. The van der Waals surface area contributed by atoms with E-state index in [1.165, 1.54) is 24.0 Å². The van der Waals surface area contributed by atoms with Gasteiger partial charge in [0.05, 0.1) is 0 Å². The molecule has 0 atom stereocenters. The number of anilines is 1. The Morgan fingerprint density at radius 1 is 1.04 bits per heavy atom. The van der Waals surface area contributed by atoms with Crippen LogP contribution in [0.25, 0.3) is 0 Å². The Morgan fingerprint density at radius 2 is 1.77 bits per heavy atom. The molecule has 1 aromatic heterocycles. The van der Waals surface area contributed by atoms with Crippen LogP contribution in [0.2, 0.25) is 0 Å². The van der Waals surface area contributed by atoms with Gasteiger partial charge in [0, 0.05) is 39.4 Å². The molecule has 0 amide bonds. The van der Waals surface area contributed by atoms with E-state index in [0.717, 1.165) is 43.4 Å². The maximum Gasteiger partial charge on any atom is 0.191 e. The lowest BCUT2D eigenvalue weighted by Gasteiger charge is -2.17. The molecule has 2 aromatic rings. The number of hydrogen-bond donors (Lipinski definition) is 2. The SMILES string of the molecule is CCc1ccccc1CNC(=NC)NCc1ccc(N2CCCC2)nc1. The summed E-state index contributed by atoms with van der Waals surface area (Å²) in [6, 6.07) is 12.8. The molecular weight excluding hydrogens is 322 g/mol. The number of aryl methyl sites for hydroxylation is 1. The Balaban J connectivity index is 1.50. The molecule has 1 fully saturated rings. The average Bonchev–Trinajstić information content (AvgIpc) is 3.23. The van der Waals surface area contributed by atoms with Crippen molar-refractivity contribution in [2.24, 2.45) is 4.99 Å². The molecule has 26 heavy (non-hydrogen) atoms.